The van der Waals surface area contributed by atoms with E-state index in [1.54, 1.807) is 18.4 Å². The molecule has 19 heavy (non-hydrogen) atoms. The Bertz CT molecular complexity index is 373. The molecule has 1 fully saturated rings. The maximum Gasteiger partial charge on any atom is 0.282 e. The van der Waals surface area contributed by atoms with E-state index in [2.05, 4.69) is 6.92 Å². The Labute approximate surface area is 118 Å². The van der Waals surface area contributed by atoms with Crippen LogP contribution in [0.1, 0.15) is 46.0 Å². The van der Waals surface area contributed by atoms with Gasteiger partial charge in [-0.25, -0.2) is 0 Å². The summed E-state index contributed by atoms with van der Waals surface area (Å²) in [4.78, 5) is 0. The van der Waals surface area contributed by atoms with E-state index >= 15 is 0 Å². The molecule has 0 aliphatic heterocycles. The predicted octanol–water partition coefficient (Wildman–Crippen LogP) is 1.41. The maximum atomic E-state index is 12.6. The van der Waals surface area contributed by atoms with Crippen molar-refractivity contribution >= 4 is 10.2 Å². The summed E-state index contributed by atoms with van der Waals surface area (Å²) in [6, 6.07) is 0. The Morgan fingerprint density at radius 3 is 2.16 bits per heavy atom. The van der Waals surface area contributed by atoms with Crippen molar-refractivity contribution in [2.45, 2.75) is 51.5 Å². The van der Waals surface area contributed by atoms with Crippen LogP contribution in [0.25, 0.3) is 0 Å². The molecule has 0 aromatic carbocycles. The molecule has 0 heterocycles. The van der Waals surface area contributed by atoms with Crippen LogP contribution < -0.4 is 5.73 Å². The van der Waals surface area contributed by atoms with Gasteiger partial charge in [-0.1, -0.05) is 13.8 Å². The molecule has 0 spiro atoms. The summed E-state index contributed by atoms with van der Waals surface area (Å²) in [6.07, 6.45) is 4.67. The van der Waals surface area contributed by atoms with Crippen molar-refractivity contribution < 1.29 is 8.42 Å². The maximum absolute atomic E-state index is 12.6. The molecule has 1 rings (SSSR count). The highest BCUT2D eigenvalue weighted by Crippen LogP contribution is 2.37. The highest BCUT2D eigenvalue weighted by molar-refractivity contribution is 7.86. The molecule has 114 valence electrons. The molecule has 0 unspecified atom stereocenters. The number of hydrogen-bond acceptors (Lipinski definition) is 3. The van der Waals surface area contributed by atoms with Gasteiger partial charge in [0.25, 0.3) is 10.2 Å². The average Bonchev–Trinajstić information content (AvgIpc) is 2.37. The first-order valence-corrected chi connectivity index (χ1v) is 8.60. The molecule has 0 radical (unpaired) electrons. The van der Waals surface area contributed by atoms with E-state index in [-0.39, 0.29) is 5.54 Å². The molecule has 0 atom stereocenters. The number of rotatable bonds is 6. The van der Waals surface area contributed by atoms with E-state index in [1.165, 1.54) is 4.31 Å². The summed E-state index contributed by atoms with van der Waals surface area (Å²) in [5.74, 6) is 0.671. The largest absolute Gasteiger partial charge is 0.329 e. The van der Waals surface area contributed by atoms with Gasteiger partial charge in [-0.3, -0.25) is 0 Å². The Morgan fingerprint density at radius 1 is 1.26 bits per heavy atom. The molecule has 5 nitrogen and oxygen atoms in total. The second-order valence-corrected chi connectivity index (χ2v) is 8.04. The molecule has 6 heteroatoms. The lowest BCUT2D eigenvalue weighted by Crippen LogP contribution is -2.60. The third kappa shape index (κ3) is 3.48. The number of hydrogen-bond donors (Lipinski definition) is 1. The molecule has 2 N–H and O–H groups in total. The highest BCUT2D eigenvalue weighted by atomic mass is 32.2. The Hall–Kier alpha value is -0.170. The predicted molar refractivity (Wildman–Crippen MR) is 79.0 cm³/mol. The van der Waals surface area contributed by atoms with E-state index in [4.69, 9.17) is 5.73 Å². The minimum atomic E-state index is -3.40. The minimum absolute atomic E-state index is 0.383. The Kier molecular flexibility index (Phi) is 5.79. The molecule has 1 aliphatic rings. The topological polar surface area (TPSA) is 66.6 Å². The van der Waals surface area contributed by atoms with Gasteiger partial charge >= 0.3 is 0 Å². The minimum Gasteiger partial charge on any atom is -0.329 e. The van der Waals surface area contributed by atoms with Crippen molar-refractivity contribution in [3.05, 3.63) is 0 Å². The SMILES string of the molecule is CCCN(C1(CN)CCC(C)CC1)S(=O)(=O)N(C)C. The lowest BCUT2D eigenvalue weighted by molar-refractivity contribution is 0.110. The van der Waals surface area contributed by atoms with Gasteiger partial charge in [-0.05, 0) is 38.0 Å². The monoisotopic (exact) mass is 291 g/mol. The quantitative estimate of drug-likeness (QED) is 0.804. The van der Waals surface area contributed by atoms with Crippen molar-refractivity contribution in [1.29, 1.82) is 0 Å². The normalized spacial score (nSPS) is 29.1. The van der Waals surface area contributed by atoms with Crippen molar-refractivity contribution in [3.63, 3.8) is 0 Å². The van der Waals surface area contributed by atoms with Crippen LogP contribution in [0.5, 0.6) is 0 Å². The molecular weight excluding hydrogens is 262 g/mol. The standard InChI is InChI=1S/C13H29N3O2S/c1-5-10-16(19(17,18)15(3)4)13(11-14)8-6-12(2)7-9-13/h12H,5-11,14H2,1-4H3. The van der Waals surface area contributed by atoms with Gasteiger partial charge < -0.3 is 5.73 Å². The van der Waals surface area contributed by atoms with Crippen LogP contribution in [0.2, 0.25) is 0 Å². The van der Waals surface area contributed by atoms with Crippen molar-refractivity contribution in [2.24, 2.45) is 11.7 Å². The summed E-state index contributed by atoms with van der Waals surface area (Å²) < 4.78 is 28.1. The number of nitrogens with zero attached hydrogens (tertiary/aromatic N) is 2. The fraction of sp³-hybridized carbons (Fsp3) is 1.00. The summed E-state index contributed by atoms with van der Waals surface area (Å²) in [7, 11) is -0.220. The lowest BCUT2D eigenvalue weighted by Gasteiger charge is -2.46. The molecule has 1 aliphatic carbocycles. The molecule has 0 bridgehead atoms. The van der Waals surface area contributed by atoms with Crippen LogP contribution in [0.15, 0.2) is 0 Å². The van der Waals surface area contributed by atoms with Gasteiger partial charge in [-0.2, -0.15) is 17.0 Å². The second-order valence-electron chi connectivity index (χ2n) is 5.97. The third-order valence-electron chi connectivity index (χ3n) is 4.28. The van der Waals surface area contributed by atoms with E-state index in [1.807, 2.05) is 6.92 Å². The number of nitrogens with two attached hydrogens (primary N) is 1. The summed E-state index contributed by atoms with van der Waals surface area (Å²) in [5, 5.41) is 0. The van der Waals surface area contributed by atoms with Crippen LogP contribution in [-0.4, -0.2) is 49.8 Å². The molecular formula is C13H29N3O2S. The van der Waals surface area contributed by atoms with Crippen LogP contribution in [0.4, 0.5) is 0 Å². The molecule has 1 saturated carbocycles. The van der Waals surface area contributed by atoms with Gasteiger partial charge in [0, 0.05) is 32.7 Å². The highest BCUT2D eigenvalue weighted by Gasteiger charge is 2.44. The van der Waals surface area contributed by atoms with Gasteiger partial charge in [0.05, 0.1) is 0 Å². The van der Waals surface area contributed by atoms with Gasteiger partial charge in [-0.15, -0.1) is 0 Å². The molecule has 0 aromatic rings. The third-order valence-corrected chi connectivity index (χ3v) is 6.33. The zero-order valence-electron chi connectivity index (χ0n) is 12.7. The smallest absolute Gasteiger partial charge is 0.282 e. The van der Waals surface area contributed by atoms with Crippen LogP contribution in [0.3, 0.4) is 0 Å². The first kappa shape index (κ1) is 16.9. The molecule has 0 amide bonds. The average molecular weight is 291 g/mol. The van der Waals surface area contributed by atoms with Crippen molar-refractivity contribution in [1.82, 2.24) is 8.61 Å². The van der Waals surface area contributed by atoms with Crippen molar-refractivity contribution in [2.75, 3.05) is 27.2 Å². The van der Waals surface area contributed by atoms with Crippen molar-refractivity contribution in [3.8, 4) is 0 Å². The second kappa shape index (κ2) is 6.52. The molecule has 0 saturated heterocycles. The van der Waals surface area contributed by atoms with E-state index in [9.17, 15) is 8.42 Å². The zero-order chi connectivity index (χ0) is 14.7. The fourth-order valence-electron chi connectivity index (χ4n) is 2.85. The van der Waals surface area contributed by atoms with E-state index < -0.39 is 10.2 Å². The summed E-state index contributed by atoms with van der Waals surface area (Å²) >= 11 is 0. The lowest BCUT2D eigenvalue weighted by atomic mass is 9.77. The first-order chi connectivity index (χ1) is 8.80. The van der Waals surface area contributed by atoms with Crippen LogP contribution in [0, 0.1) is 5.92 Å². The Balaban J connectivity index is 3.08. The van der Waals surface area contributed by atoms with Crippen LogP contribution >= 0.6 is 0 Å². The van der Waals surface area contributed by atoms with Gasteiger partial charge in [0.1, 0.15) is 0 Å². The Morgan fingerprint density at radius 2 is 1.79 bits per heavy atom. The summed E-state index contributed by atoms with van der Waals surface area (Å²) in [5.41, 5.74) is 5.60. The van der Waals surface area contributed by atoms with Crippen LogP contribution in [-0.2, 0) is 10.2 Å². The van der Waals surface area contributed by atoms with Gasteiger partial charge in [0.2, 0.25) is 0 Å². The summed E-state index contributed by atoms with van der Waals surface area (Å²) in [6.45, 7) is 5.19. The fourth-order valence-corrected chi connectivity index (χ4v) is 4.41. The van der Waals surface area contributed by atoms with E-state index in [0.29, 0.717) is 19.0 Å². The van der Waals surface area contributed by atoms with Gasteiger partial charge in [0.15, 0.2) is 0 Å². The first-order valence-electron chi connectivity index (χ1n) is 7.20. The zero-order valence-corrected chi connectivity index (χ0v) is 13.5. The van der Waals surface area contributed by atoms with E-state index in [0.717, 1.165) is 32.1 Å². The molecule has 0 aromatic heterocycles.